The molecule has 112 valence electrons. The third-order valence-electron chi connectivity index (χ3n) is 4.03. The van der Waals surface area contributed by atoms with E-state index < -0.39 is 0 Å². The van der Waals surface area contributed by atoms with E-state index in [2.05, 4.69) is 4.98 Å². The second-order valence-electron chi connectivity index (χ2n) is 5.57. The highest BCUT2D eigenvalue weighted by atomic mass is 35.5. The number of rotatable bonds is 3. The Labute approximate surface area is 133 Å². The number of alkyl halides is 1. The first-order valence-corrected chi connectivity index (χ1v) is 8.97. The molecule has 2 heterocycles. The molecule has 0 radical (unpaired) electrons. The van der Waals surface area contributed by atoms with E-state index in [9.17, 15) is 4.79 Å². The number of aromatic nitrogens is 2. The first-order valence-electron chi connectivity index (χ1n) is 7.38. The minimum absolute atomic E-state index is 0.0429. The summed E-state index contributed by atoms with van der Waals surface area (Å²) >= 11 is 8.27. The molecule has 1 aliphatic heterocycles. The van der Waals surface area contributed by atoms with Crippen molar-refractivity contribution in [2.24, 2.45) is 5.92 Å². The minimum Gasteiger partial charge on any atom is -0.295 e. The standard InChI is InChI=1S/C16H19ClN2OS/c1-11(17)15-18-14-5-3-2-4-13(14)16(20)19(15)10-12-6-8-21-9-7-12/h2-5,11-12H,6-10H2,1H3. The van der Waals surface area contributed by atoms with E-state index in [1.165, 1.54) is 24.3 Å². The Morgan fingerprint density at radius 2 is 2.10 bits per heavy atom. The molecule has 1 unspecified atom stereocenters. The summed E-state index contributed by atoms with van der Waals surface area (Å²) in [5.74, 6) is 3.62. The predicted molar refractivity (Wildman–Crippen MR) is 90.3 cm³/mol. The van der Waals surface area contributed by atoms with Gasteiger partial charge in [0.2, 0.25) is 0 Å². The Morgan fingerprint density at radius 1 is 1.38 bits per heavy atom. The lowest BCUT2D eigenvalue weighted by Crippen LogP contribution is -2.30. The Morgan fingerprint density at radius 3 is 2.81 bits per heavy atom. The second kappa shape index (κ2) is 6.41. The fourth-order valence-electron chi connectivity index (χ4n) is 2.85. The van der Waals surface area contributed by atoms with Gasteiger partial charge in [0, 0.05) is 6.54 Å². The van der Waals surface area contributed by atoms with E-state index in [0.717, 1.165) is 12.1 Å². The normalized spacial score (nSPS) is 18.0. The molecule has 1 fully saturated rings. The number of hydrogen-bond donors (Lipinski definition) is 0. The van der Waals surface area contributed by atoms with Gasteiger partial charge in [-0.25, -0.2) is 4.98 Å². The Balaban J connectivity index is 2.07. The highest BCUT2D eigenvalue weighted by Crippen LogP contribution is 2.26. The number of hydrogen-bond acceptors (Lipinski definition) is 3. The van der Waals surface area contributed by atoms with Crippen LogP contribution in [0.5, 0.6) is 0 Å². The highest BCUT2D eigenvalue weighted by molar-refractivity contribution is 7.99. The summed E-state index contributed by atoms with van der Waals surface area (Å²) in [5.41, 5.74) is 0.779. The topological polar surface area (TPSA) is 34.9 Å². The van der Waals surface area contributed by atoms with Gasteiger partial charge in [-0.3, -0.25) is 9.36 Å². The van der Waals surface area contributed by atoms with Crippen LogP contribution in [0.15, 0.2) is 29.1 Å². The maximum Gasteiger partial charge on any atom is 0.261 e. The average molecular weight is 323 g/mol. The van der Waals surface area contributed by atoms with Crippen LogP contribution >= 0.6 is 23.4 Å². The van der Waals surface area contributed by atoms with Gasteiger partial charge >= 0.3 is 0 Å². The van der Waals surface area contributed by atoms with Crippen molar-refractivity contribution in [1.82, 2.24) is 9.55 Å². The fourth-order valence-corrected chi connectivity index (χ4v) is 4.22. The molecule has 0 saturated carbocycles. The Kier molecular flexibility index (Phi) is 4.55. The molecule has 1 atom stereocenters. The molecule has 0 N–H and O–H groups in total. The molecule has 1 aromatic carbocycles. The number of para-hydroxylation sites is 1. The minimum atomic E-state index is -0.264. The van der Waals surface area contributed by atoms with E-state index in [1.807, 2.05) is 43.0 Å². The number of thioether (sulfide) groups is 1. The summed E-state index contributed by atoms with van der Waals surface area (Å²) < 4.78 is 1.81. The zero-order valence-corrected chi connectivity index (χ0v) is 13.7. The maximum atomic E-state index is 12.8. The smallest absolute Gasteiger partial charge is 0.261 e. The first-order chi connectivity index (χ1) is 10.2. The lowest BCUT2D eigenvalue weighted by atomic mass is 10.0. The second-order valence-corrected chi connectivity index (χ2v) is 7.45. The van der Waals surface area contributed by atoms with Crippen LogP contribution in [0.3, 0.4) is 0 Å². The number of halogens is 1. The molecule has 0 amide bonds. The summed E-state index contributed by atoms with van der Waals surface area (Å²) in [6.07, 6.45) is 2.33. The van der Waals surface area contributed by atoms with Gasteiger partial charge in [0.15, 0.2) is 0 Å². The lowest BCUT2D eigenvalue weighted by Gasteiger charge is -2.24. The average Bonchev–Trinajstić information content (AvgIpc) is 2.51. The van der Waals surface area contributed by atoms with Crippen LogP contribution in [0.1, 0.15) is 31.0 Å². The number of benzene rings is 1. The number of nitrogens with zero attached hydrogens (tertiary/aromatic N) is 2. The van der Waals surface area contributed by atoms with Crippen molar-refractivity contribution in [3.63, 3.8) is 0 Å². The molecule has 21 heavy (non-hydrogen) atoms. The molecule has 1 saturated heterocycles. The van der Waals surface area contributed by atoms with Crippen molar-refractivity contribution in [3.05, 3.63) is 40.4 Å². The van der Waals surface area contributed by atoms with E-state index in [4.69, 9.17) is 11.6 Å². The zero-order chi connectivity index (χ0) is 14.8. The monoisotopic (exact) mass is 322 g/mol. The third-order valence-corrected chi connectivity index (χ3v) is 5.27. The van der Waals surface area contributed by atoms with Gasteiger partial charge in [0.25, 0.3) is 5.56 Å². The quantitative estimate of drug-likeness (QED) is 0.805. The van der Waals surface area contributed by atoms with Crippen LogP contribution in [0.2, 0.25) is 0 Å². The van der Waals surface area contributed by atoms with Crippen LogP contribution in [0.4, 0.5) is 0 Å². The summed E-state index contributed by atoms with van der Waals surface area (Å²) in [6.45, 7) is 2.62. The van der Waals surface area contributed by atoms with Gasteiger partial charge in [-0.15, -0.1) is 11.6 Å². The van der Waals surface area contributed by atoms with Crippen LogP contribution < -0.4 is 5.56 Å². The summed E-state index contributed by atoms with van der Waals surface area (Å²) in [7, 11) is 0. The highest BCUT2D eigenvalue weighted by Gasteiger charge is 2.20. The van der Waals surface area contributed by atoms with E-state index in [1.54, 1.807) is 4.57 Å². The SMILES string of the molecule is CC(Cl)c1nc2ccccc2c(=O)n1CC1CCSCC1. The summed E-state index contributed by atoms with van der Waals surface area (Å²) in [4.78, 5) is 17.4. The molecule has 3 nitrogen and oxygen atoms in total. The van der Waals surface area contributed by atoms with Crippen molar-refractivity contribution in [2.75, 3.05) is 11.5 Å². The van der Waals surface area contributed by atoms with Gasteiger partial charge in [-0.2, -0.15) is 11.8 Å². The molecule has 1 aromatic heterocycles. The van der Waals surface area contributed by atoms with Gasteiger partial charge in [0.1, 0.15) is 5.82 Å². The maximum absolute atomic E-state index is 12.8. The van der Waals surface area contributed by atoms with Crippen LogP contribution in [0, 0.1) is 5.92 Å². The van der Waals surface area contributed by atoms with Crippen molar-refractivity contribution in [1.29, 1.82) is 0 Å². The Bertz CT molecular complexity index is 692. The van der Waals surface area contributed by atoms with Crippen molar-refractivity contribution >= 4 is 34.3 Å². The molecule has 0 bridgehead atoms. The van der Waals surface area contributed by atoms with Crippen LogP contribution in [-0.2, 0) is 6.54 Å². The molecule has 0 spiro atoms. The molecule has 1 aliphatic rings. The molecular weight excluding hydrogens is 304 g/mol. The lowest BCUT2D eigenvalue weighted by molar-refractivity contribution is 0.400. The van der Waals surface area contributed by atoms with Gasteiger partial charge in [0.05, 0.1) is 16.3 Å². The van der Waals surface area contributed by atoms with Crippen molar-refractivity contribution < 1.29 is 0 Å². The molecular formula is C16H19ClN2OS. The largest absolute Gasteiger partial charge is 0.295 e. The third kappa shape index (κ3) is 3.11. The van der Waals surface area contributed by atoms with Crippen LogP contribution in [-0.4, -0.2) is 21.1 Å². The molecule has 2 aromatic rings. The van der Waals surface area contributed by atoms with E-state index >= 15 is 0 Å². The molecule has 0 aliphatic carbocycles. The number of fused-ring (bicyclic) bond motifs is 1. The zero-order valence-electron chi connectivity index (χ0n) is 12.1. The van der Waals surface area contributed by atoms with Crippen molar-refractivity contribution in [3.8, 4) is 0 Å². The van der Waals surface area contributed by atoms with Gasteiger partial charge in [-0.05, 0) is 49.3 Å². The van der Waals surface area contributed by atoms with Gasteiger partial charge in [-0.1, -0.05) is 12.1 Å². The van der Waals surface area contributed by atoms with Crippen LogP contribution in [0.25, 0.3) is 10.9 Å². The summed E-state index contributed by atoms with van der Waals surface area (Å²) in [5, 5.41) is 0.420. The molecule has 3 rings (SSSR count). The first kappa shape index (κ1) is 14.9. The van der Waals surface area contributed by atoms with Gasteiger partial charge < -0.3 is 0 Å². The van der Waals surface area contributed by atoms with E-state index in [0.29, 0.717) is 17.1 Å². The Hall–Kier alpha value is -1.00. The van der Waals surface area contributed by atoms with Crippen molar-refractivity contribution in [2.45, 2.75) is 31.7 Å². The fraction of sp³-hybridized carbons (Fsp3) is 0.500. The van der Waals surface area contributed by atoms with E-state index in [-0.39, 0.29) is 10.9 Å². The molecule has 5 heteroatoms. The predicted octanol–water partition coefficient (Wildman–Crippen LogP) is 3.84. The summed E-state index contributed by atoms with van der Waals surface area (Å²) in [6, 6.07) is 7.51.